The highest BCUT2D eigenvalue weighted by atomic mass is 16.2. The molecule has 0 radical (unpaired) electrons. The molecule has 6 nitrogen and oxygen atoms in total. The van der Waals surface area contributed by atoms with Gasteiger partial charge in [-0.25, -0.2) is 0 Å². The van der Waals surface area contributed by atoms with Gasteiger partial charge in [0, 0.05) is 24.4 Å². The molecule has 2 aromatic rings. The number of aryl methyl sites for hydroxylation is 1. The van der Waals surface area contributed by atoms with E-state index in [0.29, 0.717) is 18.8 Å². The van der Waals surface area contributed by atoms with E-state index in [-0.39, 0.29) is 17.7 Å². The van der Waals surface area contributed by atoms with Crippen LogP contribution in [0.15, 0.2) is 18.2 Å². The van der Waals surface area contributed by atoms with Crippen LogP contribution in [0.1, 0.15) is 29.9 Å². The van der Waals surface area contributed by atoms with Crippen LogP contribution in [0.25, 0.3) is 10.9 Å². The van der Waals surface area contributed by atoms with Crippen molar-refractivity contribution >= 4 is 22.7 Å². The van der Waals surface area contributed by atoms with Gasteiger partial charge in [-0.1, -0.05) is 25.5 Å². The van der Waals surface area contributed by atoms with Crippen LogP contribution in [0.3, 0.4) is 0 Å². The Labute approximate surface area is 123 Å². The quantitative estimate of drug-likeness (QED) is 0.726. The van der Waals surface area contributed by atoms with Gasteiger partial charge in [-0.2, -0.15) is 5.10 Å². The Morgan fingerprint density at radius 2 is 1.95 bits per heavy atom. The van der Waals surface area contributed by atoms with E-state index >= 15 is 0 Å². The molecule has 2 rings (SSSR count). The molecule has 112 valence electrons. The van der Waals surface area contributed by atoms with E-state index < -0.39 is 0 Å². The lowest BCUT2D eigenvalue weighted by Crippen LogP contribution is -2.36. The summed E-state index contributed by atoms with van der Waals surface area (Å²) in [7, 11) is 0. The van der Waals surface area contributed by atoms with Crippen LogP contribution in [0.5, 0.6) is 0 Å². The zero-order chi connectivity index (χ0) is 15.4. The minimum Gasteiger partial charge on any atom is -0.354 e. The molecule has 1 aromatic carbocycles. The summed E-state index contributed by atoms with van der Waals surface area (Å²) in [6, 6.07) is 5.79. The molecule has 1 heterocycles. The lowest BCUT2D eigenvalue weighted by Gasteiger charge is -2.08. The fraction of sp³-hybridized carbons (Fsp3) is 0.400. The molecule has 3 N–H and O–H groups in total. The van der Waals surface area contributed by atoms with Crippen LogP contribution < -0.4 is 10.6 Å². The first-order chi connectivity index (χ1) is 9.99. The summed E-state index contributed by atoms with van der Waals surface area (Å²) in [5.41, 5.74) is 2.28. The van der Waals surface area contributed by atoms with Crippen LogP contribution in [0.4, 0.5) is 0 Å². The number of fused-ring (bicyclic) bond motifs is 1. The van der Waals surface area contributed by atoms with Crippen molar-refractivity contribution in [3.05, 3.63) is 29.5 Å². The molecule has 21 heavy (non-hydrogen) atoms. The third-order valence-electron chi connectivity index (χ3n) is 3.17. The highest BCUT2D eigenvalue weighted by molar-refractivity contribution is 6.04. The van der Waals surface area contributed by atoms with Gasteiger partial charge in [0.25, 0.3) is 5.91 Å². The smallest absolute Gasteiger partial charge is 0.272 e. The zero-order valence-corrected chi connectivity index (χ0v) is 12.5. The maximum atomic E-state index is 12.1. The Balaban J connectivity index is 1.94. The molecule has 1 aromatic heterocycles. The Kier molecular flexibility index (Phi) is 4.57. The normalized spacial score (nSPS) is 10.9. The lowest BCUT2D eigenvalue weighted by molar-refractivity contribution is -0.123. The van der Waals surface area contributed by atoms with Crippen molar-refractivity contribution < 1.29 is 9.59 Å². The average molecular weight is 288 g/mol. The van der Waals surface area contributed by atoms with Crippen LogP contribution in [0.2, 0.25) is 0 Å². The first kappa shape index (κ1) is 15.0. The fourth-order valence-electron chi connectivity index (χ4n) is 1.95. The summed E-state index contributed by atoms with van der Waals surface area (Å²) >= 11 is 0. The van der Waals surface area contributed by atoms with E-state index in [2.05, 4.69) is 20.8 Å². The summed E-state index contributed by atoms with van der Waals surface area (Å²) in [6.07, 6.45) is 0. The first-order valence-electron chi connectivity index (χ1n) is 6.99. The van der Waals surface area contributed by atoms with Crippen LogP contribution >= 0.6 is 0 Å². The van der Waals surface area contributed by atoms with Crippen molar-refractivity contribution in [3.63, 3.8) is 0 Å². The molecule has 2 amide bonds. The van der Waals surface area contributed by atoms with Gasteiger partial charge >= 0.3 is 0 Å². The number of H-pyrrole nitrogens is 1. The van der Waals surface area contributed by atoms with Gasteiger partial charge in [0.15, 0.2) is 5.69 Å². The number of rotatable bonds is 5. The minimum atomic E-state index is -0.245. The number of nitrogens with zero attached hydrogens (tertiary/aromatic N) is 1. The summed E-state index contributed by atoms with van der Waals surface area (Å²) in [5, 5.41) is 13.2. The van der Waals surface area contributed by atoms with Gasteiger partial charge in [0.05, 0.1) is 5.52 Å². The van der Waals surface area contributed by atoms with Gasteiger partial charge in [-0.15, -0.1) is 0 Å². The maximum Gasteiger partial charge on any atom is 0.272 e. The number of hydrogen-bond donors (Lipinski definition) is 3. The van der Waals surface area contributed by atoms with Gasteiger partial charge < -0.3 is 10.6 Å². The first-order valence-corrected chi connectivity index (χ1v) is 6.99. The topological polar surface area (TPSA) is 86.9 Å². The number of carbonyl (C=O) groups is 2. The standard InChI is InChI=1S/C15H20N4O2/c1-9(2)14(20)16-6-7-17-15(21)13-11-8-10(3)4-5-12(11)18-19-13/h4-5,8-9H,6-7H2,1-3H3,(H,16,20)(H,17,21)(H,18,19). The summed E-state index contributed by atoms with van der Waals surface area (Å²) in [5.74, 6) is -0.324. The van der Waals surface area contributed by atoms with Crippen molar-refractivity contribution in [3.8, 4) is 0 Å². The Hall–Kier alpha value is -2.37. The molecule has 0 saturated heterocycles. The third kappa shape index (κ3) is 3.59. The molecule has 0 aliphatic carbocycles. The minimum absolute atomic E-state index is 0.0231. The largest absolute Gasteiger partial charge is 0.354 e. The summed E-state index contributed by atoms with van der Waals surface area (Å²) in [4.78, 5) is 23.5. The molecule has 0 spiro atoms. The van der Waals surface area contributed by atoms with Crippen LogP contribution in [-0.4, -0.2) is 35.1 Å². The molecule has 0 saturated carbocycles. The van der Waals surface area contributed by atoms with Crippen molar-refractivity contribution in [1.82, 2.24) is 20.8 Å². The van der Waals surface area contributed by atoms with Gasteiger partial charge in [0.1, 0.15) is 0 Å². The van der Waals surface area contributed by atoms with Crippen LogP contribution in [-0.2, 0) is 4.79 Å². The monoisotopic (exact) mass is 288 g/mol. The Morgan fingerprint density at radius 1 is 1.24 bits per heavy atom. The van der Waals surface area contributed by atoms with E-state index in [9.17, 15) is 9.59 Å². The molecular formula is C15H20N4O2. The zero-order valence-electron chi connectivity index (χ0n) is 12.5. The summed E-state index contributed by atoms with van der Waals surface area (Å²) < 4.78 is 0. The second-order valence-electron chi connectivity index (χ2n) is 5.32. The highest BCUT2D eigenvalue weighted by Gasteiger charge is 2.13. The number of benzene rings is 1. The molecule has 0 atom stereocenters. The van der Waals surface area contributed by atoms with Crippen molar-refractivity contribution in [2.45, 2.75) is 20.8 Å². The maximum absolute atomic E-state index is 12.1. The fourth-order valence-corrected chi connectivity index (χ4v) is 1.95. The van der Waals surface area contributed by atoms with E-state index in [4.69, 9.17) is 0 Å². The number of amides is 2. The van der Waals surface area contributed by atoms with E-state index in [1.54, 1.807) is 0 Å². The molecule has 6 heteroatoms. The highest BCUT2D eigenvalue weighted by Crippen LogP contribution is 2.17. The van der Waals surface area contributed by atoms with Crippen molar-refractivity contribution in [1.29, 1.82) is 0 Å². The number of nitrogens with one attached hydrogen (secondary N) is 3. The van der Waals surface area contributed by atoms with Gasteiger partial charge in [-0.05, 0) is 19.1 Å². The number of aromatic amines is 1. The predicted octanol–water partition coefficient (Wildman–Crippen LogP) is 1.37. The molecule has 0 unspecified atom stereocenters. The third-order valence-corrected chi connectivity index (χ3v) is 3.17. The molecule has 0 bridgehead atoms. The van der Waals surface area contributed by atoms with E-state index in [1.807, 2.05) is 39.0 Å². The molecule has 0 aliphatic heterocycles. The van der Waals surface area contributed by atoms with Gasteiger partial charge in [-0.3, -0.25) is 14.7 Å². The number of aromatic nitrogens is 2. The molecular weight excluding hydrogens is 268 g/mol. The second kappa shape index (κ2) is 6.39. The van der Waals surface area contributed by atoms with Crippen molar-refractivity contribution in [2.24, 2.45) is 5.92 Å². The Morgan fingerprint density at radius 3 is 2.67 bits per heavy atom. The molecule has 0 fully saturated rings. The SMILES string of the molecule is Cc1ccc2[nH]nc(C(=O)NCCNC(=O)C(C)C)c2c1. The van der Waals surface area contributed by atoms with E-state index in [0.717, 1.165) is 16.5 Å². The number of hydrogen-bond acceptors (Lipinski definition) is 3. The van der Waals surface area contributed by atoms with E-state index in [1.165, 1.54) is 0 Å². The molecule has 0 aliphatic rings. The van der Waals surface area contributed by atoms with Gasteiger partial charge in [0.2, 0.25) is 5.91 Å². The van der Waals surface area contributed by atoms with Crippen LogP contribution in [0, 0.1) is 12.8 Å². The van der Waals surface area contributed by atoms with Crippen molar-refractivity contribution in [2.75, 3.05) is 13.1 Å². The second-order valence-corrected chi connectivity index (χ2v) is 5.32. The average Bonchev–Trinajstić information content (AvgIpc) is 2.85. The predicted molar refractivity (Wildman–Crippen MR) is 81.0 cm³/mol. The number of carbonyl (C=O) groups excluding carboxylic acids is 2. The Bertz CT molecular complexity index is 661. The lowest BCUT2D eigenvalue weighted by atomic mass is 10.1. The summed E-state index contributed by atoms with van der Waals surface area (Å²) in [6.45, 7) is 6.40.